The average Bonchev–Trinajstić information content (AvgIpc) is 2.78. The van der Waals surface area contributed by atoms with Crippen molar-refractivity contribution in [3.05, 3.63) is 35.5 Å². The predicted octanol–water partition coefficient (Wildman–Crippen LogP) is 3.80. The zero-order valence-corrected chi connectivity index (χ0v) is 17.0. The molecule has 1 unspecified atom stereocenters. The van der Waals surface area contributed by atoms with Crippen molar-refractivity contribution < 1.29 is 0 Å². The molecule has 3 nitrogen and oxygen atoms in total. The molecule has 2 saturated heterocycles. The van der Waals surface area contributed by atoms with Gasteiger partial charge in [-0.15, -0.1) is 0 Å². The van der Waals surface area contributed by atoms with Gasteiger partial charge in [-0.3, -0.25) is 9.80 Å². The third-order valence-electron chi connectivity index (χ3n) is 5.40. The first-order valence-electron chi connectivity index (χ1n) is 10.4. The van der Waals surface area contributed by atoms with E-state index in [1.807, 2.05) is 13.8 Å². The number of likely N-dealkylation sites (N-methyl/N-ethyl adjacent to an activating group) is 1. The smallest absolute Gasteiger partial charge is 0.0234 e. The summed E-state index contributed by atoms with van der Waals surface area (Å²) >= 11 is 0. The molecule has 0 N–H and O–H groups in total. The van der Waals surface area contributed by atoms with E-state index in [9.17, 15) is 0 Å². The molecule has 1 aliphatic carbocycles. The van der Waals surface area contributed by atoms with E-state index < -0.39 is 0 Å². The van der Waals surface area contributed by atoms with E-state index in [0.29, 0.717) is 0 Å². The minimum Gasteiger partial charge on any atom is -0.305 e. The fourth-order valence-electron chi connectivity index (χ4n) is 3.91. The minimum atomic E-state index is 0.879. The summed E-state index contributed by atoms with van der Waals surface area (Å²) in [6.45, 7) is 16.1. The summed E-state index contributed by atoms with van der Waals surface area (Å²) in [5.41, 5.74) is 3.04. The van der Waals surface area contributed by atoms with E-state index in [1.54, 1.807) is 5.57 Å². The van der Waals surface area contributed by atoms with Crippen LogP contribution in [-0.4, -0.2) is 74.1 Å². The molecule has 2 heterocycles. The van der Waals surface area contributed by atoms with Gasteiger partial charge in [0.25, 0.3) is 0 Å². The number of nitrogens with zero attached hydrogens (tertiary/aromatic N) is 3. The highest BCUT2D eigenvalue weighted by molar-refractivity contribution is 5.32. The molecule has 0 bridgehead atoms. The van der Waals surface area contributed by atoms with E-state index >= 15 is 0 Å². The summed E-state index contributed by atoms with van der Waals surface area (Å²) < 4.78 is 0. The molecule has 142 valence electrons. The Labute approximate surface area is 156 Å². The maximum absolute atomic E-state index is 2.62. The molecule has 0 spiro atoms. The highest BCUT2D eigenvalue weighted by atomic mass is 15.2. The van der Waals surface area contributed by atoms with Crippen molar-refractivity contribution in [3.8, 4) is 0 Å². The first kappa shape index (κ1) is 20.4. The van der Waals surface area contributed by atoms with Crippen molar-refractivity contribution in [1.82, 2.24) is 14.7 Å². The Hall–Kier alpha value is -0.900. The van der Waals surface area contributed by atoms with Crippen LogP contribution in [0.3, 0.4) is 0 Å². The molecule has 0 amide bonds. The van der Waals surface area contributed by atoms with Crippen LogP contribution in [0.25, 0.3) is 0 Å². The Kier molecular flexibility index (Phi) is 8.94. The van der Waals surface area contributed by atoms with Gasteiger partial charge in [-0.25, -0.2) is 0 Å². The molecular formula is C22H39N3. The predicted molar refractivity (Wildman–Crippen MR) is 110 cm³/mol. The Morgan fingerprint density at radius 1 is 0.960 bits per heavy atom. The van der Waals surface area contributed by atoms with Crippen molar-refractivity contribution in [2.24, 2.45) is 5.92 Å². The zero-order valence-electron chi connectivity index (χ0n) is 17.0. The molecule has 2 aliphatic heterocycles. The Morgan fingerprint density at radius 3 is 2.56 bits per heavy atom. The Morgan fingerprint density at radius 2 is 1.80 bits per heavy atom. The summed E-state index contributed by atoms with van der Waals surface area (Å²) in [4.78, 5) is 7.68. The highest BCUT2D eigenvalue weighted by Gasteiger charge is 2.19. The van der Waals surface area contributed by atoms with Crippen LogP contribution in [0.5, 0.6) is 0 Å². The van der Waals surface area contributed by atoms with Gasteiger partial charge >= 0.3 is 0 Å². The second-order valence-corrected chi connectivity index (χ2v) is 7.73. The normalized spacial score (nSPS) is 26.3. The number of hydrogen-bond acceptors (Lipinski definition) is 3. The number of rotatable bonds is 4. The SMILES string of the molecule is CC.CC1CCN(CC2=CC=C(CN3CCCN(C)CC3)C=CC2)C1. The molecule has 3 aliphatic rings. The zero-order chi connectivity index (χ0) is 18.1. The Balaban J connectivity index is 0.00000109. The molecule has 0 aromatic carbocycles. The van der Waals surface area contributed by atoms with Crippen LogP contribution in [0.4, 0.5) is 0 Å². The molecule has 0 aromatic heterocycles. The number of hydrogen-bond donors (Lipinski definition) is 0. The lowest BCUT2D eigenvalue weighted by Gasteiger charge is -2.20. The van der Waals surface area contributed by atoms with Gasteiger partial charge in [0.2, 0.25) is 0 Å². The summed E-state index contributed by atoms with van der Waals surface area (Å²) in [6, 6.07) is 0. The first-order chi connectivity index (χ1) is 12.2. The van der Waals surface area contributed by atoms with Crippen LogP contribution < -0.4 is 0 Å². The molecule has 25 heavy (non-hydrogen) atoms. The maximum Gasteiger partial charge on any atom is 0.0234 e. The van der Waals surface area contributed by atoms with Crippen LogP contribution in [0.1, 0.15) is 40.0 Å². The monoisotopic (exact) mass is 345 g/mol. The topological polar surface area (TPSA) is 9.72 Å². The second kappa shape index (κ2) is 10.9. The summed E-state index contributed by atoms with van der Waals surface area (Å²) in [7, 11) is 2.24. The van der Waals surface area contributed by atoms with Crippen LogP contribution in [0.15, 0.2) is 35.5 Å². The number of allylic oxidation sites excluding steroid dienone is 3. The quantitative estimate of drug-likeness (QED) is 0.767. The van der Waals surface area contributed by atoms with Gasteiger partial charge in [0, 0.05) is 32.7 Å². The van der Waals surface area contributed by atoms with E-state index in [2.05, 4.69) is 53.0 Å². The highest BCUT2D eigenvalue weighted by Crippen LogP contribution is 2.19. The minimum absolute atomic E-state index is 0.879. The average molecular weight is 346 g/mol. The van der Waals surface area contributed by atoms with Crippen molar-refractivity contribution in [1.29, 1.82) is 0 Å². The van der Waals surface area contributed by atoms with Crippen molar-refractivity contribution in [2.45, 2.75) is 40.0 Å². The van der Waals surface area contributed by atoms with Gasteiger partial charge in [-0.1, -0.05) is 50.6 Å². The van der Waals surface area contributed by atoms with Crippen LogP contribution >= 0.6 is 0 Å². The van der Waals surface area contributed by atoms with Gasteiger partial charge in [-0.2, -0.15) is 0 Å². The lowest BCUT2D eigenvalue weighted by molar-refractivity contribution is 0.296. The second-order valence-electron chi connectivity index (χ2n) is 7.73. The van der Waals surface area contributed by atoms with E-state index in [1.165, 1.54) is 57.7 Å². The van der Waals surface area contributed by atoms with Crippen molar-refractivity contribution in [3.63, 3.8) is 0 Å². The third kappa shape index (κ3) is 7.08. The maximum atomic E-state index is 2.62. The Bertz CT molecular complexity index is 478. The molecule has 0 saturated carbocycles. The molecule has 1 atom stereocenters. The van der Waals surface area contributed by atoms with Crippen molar-refractivity contribution >= 4 is 0 Å². The summed E-state index contributed by atoms with van der Waals surface area (Å²) in [5, 5.41) is 0. The van der Waals surface area contributed by atoms with Crippen molar-refractivity contribution in [2.75, 3.05) is 59.4 Å². The number of likely N-dealkylation sites (tertiary alicyclic amines) is 1. The molecule has 0 radical (unpaired) electrons. The standard InChI is InChI=1S/C20H33N3.C2H6/c1-18-9-12-23(15-18)17-20-6-3-5-19(7-8-20)16-22-11-4-10-21(2)13-14-22;1-2/h3,5,7-8,18H,4,6,9-17H2,1-2H3;1-2H3. The fourth-order valence-corrected chi connectivity index (χ4v) is 3.91. The van der Waals surface area contributed by atoms with E-state index in [-0.39, 0.29) is 0 Å². The van der Waals surface area contributed by atoms with Crippen LogP contribution in [0.2, 0.25) is 0 Å². The molecule has 2 fully saturated rings. The van der Waals surface area contributed by atoms with E-state index in [4.69, 9.17) is 0 Å². The summed E-state index contributed by atoms with van der Waals surface area (Å²) in [5.74, 6) is 0.879. The molecule has 3 heteroatoms. The van der Waals surface area contributed by atoms with Crippen LogP contribution in [-0.2, 0) is 0 Å². The van der Waals surface area contributed by atoms with Crippen LogP contribution in [0, 0.1) is 5.92 Å². The van der Waals surface area contributed by atoms with Gasteiger partial charge in [0.05, 0.1) is 0 Å². The molecule has 0 aromatic rings. The summed E-state index contributed by atoms with van der Waals surface area (Å²) in [6.07, 6.45) is 13.3. The lowest BCUT2D eigenvalue weighted by atomic mass is 10.1. The van der Waals surface area contributed by atoms with Gasteiger partial charge in [-0.05, 0) is 57.4 Å². The van der Waals surface area contributed by atoms with Gasteiger partial charge in [0.1, 0.15) is 0 Å². The first-order valence-corrected chi connectivity index (χ1v) is 10.4. The lowest BCUT2D eigenvalue weighted by Crippen LogP contribution is -2.30. The third-order valence-corrected chi connectivity index (χ3v) is 5.40. The van der Waals surface area contributed by atoms with Gasteiger partial charge < -0.3 is 4.90 Å². The molecular weight excluding hydrogens is 306 g/mol. The van der Waals surface area contributed by atoms with Gasteiger partial charge in [0.15, 0.2) is 0 Å². The fraction of sp³-hybridized carbons (Fsp3) is 0.727. The van der Waals surface area contributed by atoms with E-state index in [0.717, 1.165) is 25.4 Å². The largest absolute Gasteiger partial charge is 0.305 e. The molecule has 3 rings (SSSR count).